The Hall–Kier alpha value is -2.29. The van der Waals surface area contributed by atoms with Crippen molar-refractivity contribution in [3.8, 4) is 5.75 Å². The lowest BCUT2D eigenvalue weighted by atomic mass is 10.3. The maximum Gasteiger partial charge on any atom is 0.234 e. The highest BCUT2D eigenvalue weighted by Crippen LogP contribution is 2.21. The first-order valence-electron chi connectivity index (χ1n) is 8.40. The molecule has 0 fully saturated rings. The average Bonchev–Trinajstić information content (AvgIpc) is 3.09. The fraction of sp³-hybridized carbons (Fsp3) is 0.222. The first-order chi connectivity index (χ1) is 13.6. The van der Waals surface area contributed by atoms with Crippen molar-refractivity contribution in [3.63, 3.8) is 0 Å². The molecular formula is C18H17Cl2N5O2S. The Kier molecular flexibility index (Phi) is 7.13. The number of thioether (sulfide) groups is 1. The van der Waals surface area contributed by atoms with E-state index in [0.717, 1.165) is 0 Å². The van der Waals surface area contributed by atoms with E-state index in [9.17, 15) is 4.79 Å². The van der Waals surface area contributed by atoms with E-state index in [-0.39, 0.29) is 23.4 Å². The van der Waals surface area contributed by atoms with Crippen LogP contribution in [0, 0.1) is 0 Å². The van der Waals surface area contributed by atoms with Gasteiger partial charge in [0.05, 0.1) is 11.4 Å². The van der Waals surface area contributed by atoms with Crippen LogP contribution in [0.15, 0.2) is 47.8 Å². The van der Waals surface area contributed by atoms with E-state index in [2.05, 4.69) is 20.5 Å². The quantitative estimate of drug-likeness (QED) is 0.417. The van der Waals surface area contributed by atoms with E-state index in [1.54, 1.807) is 42.6 Å². The van der Waals surface area contributed by atoms with Crippen LogP contribution in [0.2, 0.25) is 10.2 Å². The third-order valence-corrected chi connectivity index (χ3v) is 5.18. The lowest BCUT2D eigenvalue weighted by Gasteiger charge is -2.09. The van der Waals surface area contributed by atoms with Gasteiger partial charge in [-0.1, -0.05) is 35.0 Å². The number of aromatic nitrogens is 4. The average molecular weight is 438 g/mol. The van der Waals surface area contributed by atoms with Gasteiger partial charge < -0.3 is 14.6 Å². The predicted octanol–water partition coefficient (Wildman–Crippen LogP) is 4.31. The third kappa shape index (κ3) is 5.37. The Labute approximate surface area is 176 Å². The molecule has 0 saturated carbocycles. The van der Waals surface area contributed by atoms with Gasteiger partial charge in [-0.15, -0.1) is 10.2 Å². The minimum absolute atomic E-state index is 0.168. The summed E-state index contributed by atoms with van der Waals surface area (Å²) in [6.45, 7) is 2.90. The van der Waals surface area contributed by atoms with Gasteiger partial charge in [0.1, 0.15) is 12.4 Å². The minimum atomic E-state index is -0.204. The normalized spacial score (nSPS) is 10.7. The van der Waals surface area contributed by atoms with Crippen molar-refractivity contribution >= 4 is 46.6 Å². The zero-order valence-electron chi connectivity index (χ0n) is 14.9. The maximum atomic E-state index is 12.2. The standard InChI is InChI=1S/C18H17Cl2N5O2S/c1-2-25-15(10-27-13-7-5-12(19)6-8-13)23-24-18(25)28-11-16(26)22-14-4-3-9-21-17(14)20/h3-9H,2,10-11H2,1H3,(H,22,26). The number of hydrogen-bond acceptors (Lipinski definition) is 6. The summed E-state index contributed by atoms with van der Waals surface area (Å²) in [5.41, 5.74) is 0.476. The fourth-order valence-electron chi connectivity index (χ4n) is 2.32. The summed E-state index contributed by atoms with van der Waals surface area (Å²) < 4.78 is 7.64. The first kappa shape index (κ1) is 20.4. The second-order valence-corrected chi connectivity index (χ2v) is 7.30. The Bertz CT molecular complexity index is 949. The van der Waals surface area contributed by atoms with E-state index in [4.69, 9.17) is 27.9 Å². The van der Waals surface area contributed by atoms with Crippen LogP contribution < -0.4 is 10.1 Å². The van der Waals surface area contributed by atoms with Crippen LogP contribution in [0.5, 0.6) is 5.75 Å². The number of carbonyl (C=O) groups is 1. The molecule has 0 radical (unpaired) electrons. The van der Waals surface area contributed by atoms with Gasteiger partial charge in [-0.05, 0) is 43.3 Å². The molecule has 0 bridgehead atoms. The summed E-state index contributed by atoms with van der Waals surface area (Å²) in [4.78, 5) is 16.1. The second kappa shape index (κ2) is 9.77. The zero-order valence-corrected chi connectivity index (χ0v) is 17.3. The third-order valence-electron chi connectivity index (χ3n) is 3.66. The molecule has 28 heavy (non-hydrogen) atoms. The van der Waals surface area contributed by atoms with Gasteiger partial charge in [0.2, 0.25) is 5.91 Å². The summed E-state index contributed by atoms with van der Waals surface area (Å²) in [6, 6.07) is 10.5. The minimum Gasteiger partial charge on any atom is -0.486 e. The topological polar surface area (TPSA) is 81.9 Å². The van der Waals surface area contributed by atoms with E-state index in [1.165, 1.54) is 11.8 Å². The van der Waals surface area contributed by atoms with Gasteiger partial charge >= 0.3 is 0 Å². The molecule has 3 aromatic rings. The summed E-state index contributed by atoms with van der Waals surface area (Å²) in [5, 5.41) is 12.6. The lowest BCUT2D eigenvalue weighted by molar-refractivity contribution is -0.113. The number of nitrogens with one attached hydrogen (secondary N) is 1. The Morgan fingerprint density at radius 3 is 2.71 bits per heavy atom. The number of benzene rings is 1. The molecule has 1 N–H and O–H groups in total. The summed E-state index contributed by atoms with van der Waals surface area (Å²) >= 11 is 13.1. The van der Waals surface area contributed by atoms with Crippen LogP contribution in [-0.2, 0) is 17.9 Å². The molecule has 0 saturated heterocycles. The van der Waals surface area contributed by atoms with Crippen molar-refractivity contribution in [1.82, 2.24) is 19.7 Å². The van der Waals surface area contributed by atoms with Crippen molar-refractivity contribution in [1.29, 1.82) is 0 Å². The van der Waals surface area contributed by atoms with E-state index in [1.807, 2.05) is 11.5 Å². The van der Waals surface area contributed by atoms with Gasteiger partial charge in [-0.2, -0.15) is 0 Å². The summed E-state index contributed by atoms with van der Waals surface area (Å²) in [7, 11) is 0. The molecule has 0 aliphatic carbocycles. The zero-order chi connectivity index (χ0) is 19.9. The molecule has 0 spiro atoms. The molecule has 1 amide bonds. The second-order valence-electron chi connectivity index (χ2n) is 5.56. The largest absolute Gasteiger partial charge is 0.486 e. The smallest absolute Gasteiger partial charge is 0.234 e. The molecule has 10 heteroatoms. The number of hydrogen-bond donors (Lipinski definition) is 1. The number of nitrogens with zero attached hydrogens (tertiary/aromatic N) is 4. The number of pyridine rings is 1. The lowest BCUT2D eigenvalue weighted by Crippen LogP contribution is -2.15. The van der Waals surface area contributed by atoms with Crippen LogP contribution in [-0.4, -0.2) is 31.4 Å². The molecule has 0 aliphatic heterocycles. The van der Waals surface area contributed by atoms with Crippen LogP contribution >= 0.6 is 35.0 Å². The molecular weight excluding hydrogens is 421 g/mol. The number of halogens is 2. The molecule has 2 heterocycles. The molecule has 146 valence electrons. The number of carbonyl (C=O) groups excluding carboxylic acids is 1. The Morgan fingerprint density at radius 1 is 1.21 bits per heavy atom. The first-order valence-corrected chi connectivity index (χ1v) is 10.1. The molecule has 3 rings (SSSR count). The Balaban J connectivity index is 1.58. The van der Waals surface area contributed by atoms with Crippen LogP contribution in [0.3, 0.4) is 0 Å². The molecule has 2 aromatic heterocycles. The van der Waals surface area contributed by atoms with E-state index in [0.29, 0.717) is 34.0 Å². The fourth-order valence-corrected chi connectivity index (χ4v) is 3.44. The highest BCUT2D eigenvalue weighted by atomic mass is 35.5. The monoisotopic (exact) mass is 437 g/mol. The van der Waals surface area contributed by atoms with Gasteiger partial charge in [-0.3, -0.25) is 4.79 Å². The predicted molar refractivity (Wildman–Crippen MR) is 110 cm³/mol. The molecule has 0 aliphatic rings. The summed E-state index contributed by atoms with van der Waals surface area (Å²) in [5.74, 6) is 1.33. The molecule has 1 aromatic carbocycles. The number of amides is 1. The van der Waals surface area contributed by atoms with Crippen molar-refractivity contribution in [2.24, 2.45) is 0 Å². The van der Waals surface area contributed by atoms with Crippen LogP contribution in [0.1, 0.15) is 12.7 Å². The Morgan fingerprint density at radius 2 is 2.00 bits per heavy atom. The molecule has 0 unspecified atom stereocenters. The summed E-state index contributed by atoms with van der Waals surface area (Å²) in [6.07, 6.45) is 1.56. The van der Waals surface area contributed by atoms with E-state index >= 15 is 0 Å². The van der Waals surface area contributed by atoms with Crippen molar-refractivity contribution in [3.05, 3.63) is 58.6 Å². The van der Waals surface area contributed by atoms with Crippen LogP contribution in [0.4, 0.5) is 5.69 Å². The number of rotatable bonds is 8. The number of ether oxygens (including phenoxy) is 1. The van der Waals surface area contributed by atoms with Gasteiger partial charge in [0.15, 0.2) is 16.1 Å². The highest BCUT2D eigenvalue weighted by molar-refractivity contribution is 7.99. The van der Waals surface area contributed by atoms with Crippen molar-refractivity contribution in [2.75, 3.05) is 11.1 Å². The van der Waals surface area contributed by atoms with Gasteiger partial charge in [0.25, 0.3) is 0 Å². The van der Waals surface area contributed by atoms with Crippen LogP contribution in [0.25, 0.3) is 0 Å². The van der Waals surface area contributed by atoms with Gasteiger partial charge in [0, 0.05) is 17.8 Å². The SMILES string of the molecule is CCn1c(COc2ccc(Cl)cc2)nnc1SCC(=O)Nc1cccnc1Cl. The van der Waals surface area contributed by atoms with Crippen molar-refractivity contribution < 1.29 is 9.53 Å². The maximum absolute atomic E-state index is 12.2. The highest BCUT2D eigenvalue weighted by Gasteiger charge is 2.14. The van der Waals surface area contributed by atoms with E-state index < -0.39 is 0 Å². The molecule has 0 atom stereocenters. The molecule has 7 nitrogen and oxygen atoms in total. The van der Waals surface area contributed by atoms with Crippen molar-refractivity contribution in [2.45, 2.75) is 25.2 Å². The number of anilines is 1. The van der Waals surface area contributed by atoms with Gasteiger partial charge in [-0.25, -0.2) is 4.98 Å².